The number of nitrogens with zero attached hydrogens (tertiary/aromatic N) is 1. The van der Waals surface area contributed by atoms with Crippen molar-refractivity contribution < 1.29 is 18.0 Å². The van der Waals surface area contributed by atoms with E-state index in [1.807, 2.05) is 26.0 Å². The molecule has 1 unspecified atom stereocenters. The topological polar surface area (TPSA) is 95.6 Å². The molecule has 0 bridgehead atoms. The lowest BCUT2D eigenvalue weighted by Crippen LogP contribution is -2.46. The highest BCUT2D eigenvalue weighted by atomic mass is 32.2. The monoisotopic (exact) mass is 409 g/mol. The Morgan fingerprint density at radius 1 is 1.11 bits per heavy atom. The Hall–Kier alpha value is -1.93. The molecule has 1 heterocycles. The minimum atomic E-state index is -3.60. The molecule has 2 rings (SSSR count). The Morgan fingerprint density at radius 2 is 1.79 bits per heavy atom. The highest BCUT2D eigenvalue weighted by Crippen LogP contribution is 2.29. The first-order valence-corrected chi connectivity index (χ1v) is 11.4. The summed E-state index contributed by atoms with van der Waals surface area (Å²) < 4.78 is 28.1. The van der Waals surface area contributed by atoms with Gasteiger partial charge in [-0.2, -0.15) is 4.31 Å². The van der Waals surface area contributed by atoms with Crippen LogP contribution in [-0.2, 0) is 19.6 Å². The van der Waals surface area contributed by atoms with E-state index >= 15 is 0 Å². The van der Waals surface area contributed by atoms with Crippen molar-refractivity contribution in [2.75, 3.05) is 19.6 Å². The van der Waals surface area contributed by atoms with Gasteiger partial charge in [-0.3, -0.25) is 9.59 Å². The summed E-state index contributed by atoms with van der Waals surface area (Å²) in [6.45, 7) is 6.79. The Bertz CT molecular complexity index is 808. The van der Waals surface area contributed by atoms with Crippen LogP contribution in [0.2, 0.25) is 0 Å². The van der Waals surface area contributed by atoms with Gasteiger partial charge in [0.2, 0.25) is 10.0 Å². The number of aryl methyl sites for hydroxylation is 2. The molecular weight excluding hydrogens is 378 g/mol. The summed E-state index contributed by atoms with van der Waals surface area (Å²) in [4.78, 5) is 23.8. The minimum absolute atomic E-state index is 0.183. The summed E-state index contributed by atoms with van der Waals surface area (Å²) in [5.74, 6) is -1.32. The standard InChI is InChI=1S/C20H31N3O4S/c1-4-11-21-19(24)20(25)22-12-10-17-7-5-6-13-23(17)28(26,27)18-14-15(2)8-9-16(18)3/h8-9,14,17H,4-7,10-13H2,1-3H3,(H,21,24)(H,22,25). The summed E-state index contributed by atoms with van der Waals surface area (Å²) in [5, 5.41) is 5.13. The first-order valence-electron chi connectivity index (χ1n) is 9.92. The van der Waals surface area contributed by atoms with Crippen molar-refractivity contribution in [2.24, 2.45) is 0 Å². The van der Waals surface area contributed by atoms with E-state index in [9.17, 15) is 18.0 Å². The van der Waals surface area contributed by atoms with E-state index in [1.54, 1.807) is 17.3 Å². The summed E-state index contributed by atoms with van der Waals surface area (Å²) >= 11 is 0. The van der Waals surface area contributed by atoms with Gasteiger partial charge in [-0.15, -0.1) is 0 Å². The largest absolute Gasteiger partial charge is 0.348 e. The maximum atomic E-state index is 13.3. The van der Waals surface area contributed by atoms with E-state index in [4.69, 9.17) is 0 Å². The molecular formula is C20H31N3O4S. The van der Waals surface area contributed by atoms with E-state index in [0.29, 0.717) is 24.4 Å². The summed E-state index contributed by atoms with van der Waals surface area (Å²) in [5.41, 5.74) is 1.64. The van der Waals surface area contributed by atoms with Crippen LogP contribution in [0.1, 0.15) is 50.2 Å². The van der Waals surface area contributed by atoms with Crippen LogP contribution in [0, 0.1) is 13.8 Å². The van der Waals surface area contributed by atoms with Gasteiger partial charge in [-0.1, -0.05) is 25.5 Å². The van der Waals surface area contributed by atoms with E-state index in [-0.39, 0.29) is 12.6 Å². The second kappa shape index (κ2) is 10.0. The molecule has 1 aromatic rings. The normalized spacial score (nSPS) is 17.9. The lowest BCUT2D eigenvalue weighted by atomic mass is 10.0. The van der Waals surface area contributed by atoms with Gasteiger partial charge in [0, 0.05) is 25.7 Å². The average molecular weight is 410 g/mol. The number of hydrogen-bond acceptors (Lipinski definition) is 4. The molecule has 1 aliphatic rings. The van der Waals surface area contributed by atoms with Crippen LogP contribution in [0.4, 0.5) is 0 Å². The number of rotatable bonds is 7. The van der Waals surface area contributed by atoms with Crippen molar-refractivity contribution in [3.05, 3.63) is 29.3 Å². The predicted octanol–water partition coefficient (Wildman–Crippen LogP) is 1.88. The Balaban J connectivity index is 2.04. The molecule has 7 nitrogen and oxygen atoms in total. The van der Waals surface area contributed by atoms with E-state index in [1.165, 1.54) is 0 Å². The van der Waals surface area contributed by atoms with E-state index < -0.39 is 21.8 Å². The molecule has 2 N–H and O–H groups in total. The molecule has 0 aliphatic carbocycles. The third-order valence-electron chi connectivity index (χ3n) is 5.01. The van der Waals surface area contributed by atoms with Crippen LogP contribution in [-0.4, -0.2) is 50.2 Å². The molecule has 156 valence electrons. The van der Waals surface area contributed by atoms with Gasteiger partial charge >= 0.3 is 11.8 Å². The summed E-state index contributed by atoms with van der Waals surface area (Å²) in [6.07, 6.45) is 3.77. The van der Waals surface area contributed by atoms with Crippen LogP contribution in [0.3, 0.4) is 0 Å². The Kier molecular flexibility index (Phi) is 8.00. The van der Waals surface area contributed by atoms with Crippen molar-refractivity contribution >= 4 is 21.8 Å². The fourth-order valence-electron chi connectivity index (χ4n) is 3.44. The zero-order valence-electron chi connectivity index (χ0n) is 17.0. The number of nitrogens with one attached hydrogen (secondary N) is 2. The molecule has 0 aromatic heterocycles. The lowest BCUT2D eigenvalue weighted by molar-refractivity contribution is -0.139. The number of benzene rings is 1. The van der Waals surface area contributed by atoms with Crippen LogP contribution in [0.15, 0.2) is 23.1 Å². The first kappa shape index (κ1) is 22.4. The van der Waals surface area contributed by atoms with E-state index in [0.717, 1.165) is 36.8 Å². The number of amides is 2. The van der Waals surface area contributed by atoms with Gasteiger partial charge in [0.05, 0.1) is 4.90 Å². The van der Waals surface area contributed by atoms with Crippen LogP contribution in [0.25, 0.3) is 0 Å². The fraction of sp³-hybridized carbons (Fsp3) is 0.600. The zero-order chi connectivity index (χ0) is 20.7. The minimum Gasteiger partial charge on any atom is -0.348 e. The predicted molar refractivity (Wildman–Crippen MR) is 108 cm³/mol. The van der Waals surface area contributed by atoms with Crippen molar-refractivity contribution in [2.45, 2.75) is 63.8 Å². The third kappa shape index (κ3) is 5.54. The molecule has 1 saturated heterocycles. The van der Waals surface area contributed by atoms with Gasteiger partial charge in [0.1, 0.15) is 0 Å². The third-order valence-corrected chi connectivity index (χ3v) is 7.10. The van der Waals surface area contributed by atoms with Crippen molar-refractivity contribution in [3.8, 4) is 0 Å². The van der Waals surface area contributed by atoms with Crippen LogP contribution in [0.5, 0.6) is 0 Å². The molecule has 8 heteroatoms. The average Bonchev–Trinajstić information content (AvgIpc) is 2.68. The van der Waals surface area contributed by atoms with Gasteiger partial charge in [0.25, 0.3) is 0 Å². The zero-order valence-corrected chi connectivity index (χ0v) is 17.8. The number of carbonyl (C=O) groups excluding carboxylic acids is 2. The number of carbonyl (C=O) groups is 2. The molecule has 0 spiro atoms. The molecule has 1 aliphatic heterocycles. The molecule has 0 radical (unpaired) electrons. The second-order valence-electron chi connectivity index (χ2n) is 7.33. The van der Waals surface area contributed by atoms with Gasteiger partial charge in [-0.05, 0) is 56.7 Å². The molecule has 28 heavy (non-hydrogen) atoms. The van der Waals surface area contributed by atoms with Crippen LogP contribution < -0.4 is 10.6 Å². The Morgan fingerprint density at radius 3 is 2.46 bits per heavy atom. The van der Waals surface area contributed by atoms with Crippen molar-refractivity contribution in [1.29, 1.82) is 0 Å². The number of sulfonamides is 1. The van der Waals surface area contributed by atoms with Gasteiger partial charge in [-0.25, -0.2) is 8.42 Å². The quantitative estimate of drug-likeness (QED) is 0.672. The summed E-state index contributed by atoms with van der Waals surface area (Å²) in [7, 11) is -3.60. The molecule has 0 saturated carbocycles. The Labute approximate surface area is 167 Å². The SMILES string of the molecule is CCCNC(=O)C(=O)NCCC1CCCCN1S(=O)(=O)c1cc(C)ccc1C. The van der Waals surface area contributed by atoms with Crippen molar-refractivity contribution in [1.82, 2.24) is 14.9 Å². The maximum Gasteiger partial charge on any atom is 0.309 e. The number of hydrogen-bond donors (Lipinski definition) is 2. The maximum absolute atomic E-state index is 13.3. The smallest absolute Gasteiger partial charge is 0.309 e. The highest BCUT2D eigenvalue weighted by molar-refractivity contribution is 7.89. The molecule has 1 fully saturated rings. The van der Waals surface area contributed by atoms with Gasteiger partial charge in [0.15, 0.2) is 0 Å². The van der Waals surface area contributed by atoms with Crippen molar-refractivity contribution in [3.63, 3.8) is 0 Å². The van der Waals surface area contributed by atoms with Gasteiger partial charge < -0.3 is 10.6 Å². The molecule has 1 aromatic carbocycles. The van der Waals surface area contributed by atoms with Crippen LogP contribution >= 0.6 is 0 Å². The second-order valence-corrected chi connectivity index (χ2v) is 9.19. The molecule has 1 atom stereocenters. The highest BCUT2D eigenvalue weighted by Gasteiger charge is 2.34. The lowest BCUT2D eigenvalue weighted by Gasteiger charge is -2.35. The van der Waals surface area contributed by atoms with E-state index in [2.05, 4.69) is 10.6 Å². The molecule has 2 amide bonds. The summed E-state index contributed by atoms with van der Waals surface area (Å²) in [6, 6.07) is 5.27. The fourth-order valence-corrected chi connectivity index (χ4v) is 5.48. The number of piperidine rings is 1. The first-order chi connectivity index (χ1) is 13.3.